The van der Waals surface area contributed by atoms with Crippen LogP contribution in [0.2, 0.25) is 0 Å². The van der Waals surface area contributed by atoms with Crippen LogP contribution in [0.3, 0.4) is 0 Å². The molecule has 3 aromatic carbocycles. The van der Waals surface area contributed by atoms with Crippen molar-refractivity contribution in [2.45, 2.75) is 21.3 Å². The average molecular weight is 326 g/mol. The lowest BCUT2D eigenvalue weighted by atomic mass is 10.1. The molecule has 25 heavy (non-hydrogen) atoms. The Hall–Kier alpha value is -2.86. The second-order valence-corrected chi connectivity index (χ2v) is 6.15. The van der Waals surface area contributed by atoms with Crippen molar-refractivity contribution in [2.24, 2.45) is 0 Å². The molecule has 0 N–H and O–H groups in total. The van der Waals surface area contributed by atoms with E-state index in [1.807, 2.05) is 0 Å². The standard InChI is InChI=1S/C24H22.CH4/c1-19-3-7-21(8-4-19)11-13-23-15-17-24(18-16-23)14-12-22-9-5-20(2)6-10-22;/h3-18H,1-2H3;1H4/b13-11+,14-12+;. The monoisotopic (exact) mass is 326 g/mol. The van der Waals surface area contributed by atoms with Crippen molar-refractivity contribution in [3.05, 3.63) is 106 Å². The molecule has 0 saturated heterocycles. The molecule has 0 aliphatic rings. The molecule has 0 aromatic heterocycles. The minimum atomic E-state index is 0. The maximum absolute atomic E-state index is 2.15. The third kappa shape index (κ3) is 5.61. The second-order valence-electron chi connectivity index (χ2n) is 6.15. The van der Waals surface area contributed by atoms with Crippen molar-refractivity contribution < 1.29 is 0 Å². The Morgan fingerprint density at radius 1 is 0.400 bits per heavy atom. The van der Waals surface area contributed by atoms with E-state index in [4.69, 9.17) is 0 Å². The van der Waals surface area contributed by atoms with Crippen LogP contribution in [0.4, 0.5) is 0 Å². The van der Waals surface area contributed by atoms with Gasteiger partial charge in [-0.1, -0.05) is 116 Å². The first-order valence-electron chi connectivity index (χ1n) is 8.29. The van der Waals surface area contributed by atoms with Gasteiger partial charge in [-0.25, -0.2) is 0 Å². The van der Waals surface area contributed by atoms with E-state index in [9.17, 15) is 0 Å². The zero-order chi connectivity index (χ0) is 16.8. The number of hydrogen-bond acceptors (Lipinski definition) is 0. The van der Waals surface area contributed by atoms with E-state index in [-0.39, 0.29) is 7.43 Å². The Balaban J connectivity index is 0.00000225. The summed E-state index contributed by atoms with van der Waals surface area (Å²) in [6, 6.07) is 25.7. The molecule has 0 aliphatic heterocycles. The topological polar surface area (TPSA) is 0 Å². The first-order valence-corrected chi connectivity index (χ1v) is 8.29. The highest BCUT2D eigenvalue weighted by molar-refractivity contribution is 5.73. The van der Waals surface area contributed by atoms with Crippen LogP contribution in [0.5, 0.6) is 0 Å². The fourth-order valence-corrected chi connectivity index (χ4v) is 2.46. The molecular weight excluding hydrogens is 300 g/mol. The van der Waals surface area contributed by atoms with Gasteiger partial charge in [0, 0.05) is 0 Å². The first-order chi connectivity index (χ1) is 11.7. The highest BCUT2D eigenvalue weighted by atomic mass is 14.0. The van der Waals surface area contributed by atoms with E-state index in [2.05, 4.69) is 111 Å². The first kappa shape index (κ1) is 18.5. The van der Waals surface area contributed by atoms with Gasteiger partial charge in [-0.3, -0.25) is 0 Å². The zero-order valence-electron chi connectivity index (χ0n) is 14.2. The van der Waals surface area contributed by atoms with Gasteiger partial charge in [-0.15, -0.1) is 0 Å². The van der Waals surface area contributed by atoms with Crippen molar-refractivity contribution in [3.8, 4) is 0 Å². The molecule has 0 radical (unpaired) electrons. The van der Waals surface area contributed by atoms with E-state index in [0.29, 0.717) is 0 Å². The maximum Gasteiger partial charge on any atom is -0.0256 e. The Morgan fingerprint density at radius 3 is 0.840 bits per heavy atom. The maximum atomic E-state index is 2.15. The molecule has 0 spiro atoms. The molecular formula is C25H26. The molecule has 0 fully saturated rings. The van der Waals surface area contributed by atoms with Crippen molar-refractivity contribution in [1.29, 1.82) is 0 Å². The van der Waals surface area contributed by atoms with Gasteiger partial charge in [0.05, 0.1) is 0 Å². The van der Waals surface area contributed by atoms with Gasteiger partial charge in [-0.2, -0.15) is 0 Å². The summed E-state index contributed by atoms with van der Waals surface area (Å²) in [5.74, 6) is 0. The van der Waals surface area contributed by atoms with Crippen LogP contribution >= 0.6 is 0 Å². The van der Waals surface area contributed by atoms with Crippen molar-refractivity contribution in [2.75, 3.05) is 0 Å². The third-order valence-corrected chi connectivity index (χ3v) is 4.03. The average Bonchev–Trinajstić information content (AvgIpc) is 2.62. The molecule has 0 heterocycles. The molecule has 126 valence electrons. The van der Waals surface area contributed by atoms with Crippen molar-refractivity contribution in [1.82, 2.24) is 0 Å². The molecule has 0 saturated carbocycles. The smallest absolute Gasteiger partial charge is 0.0256 e. The van der Waals surface area contributed by atoms with Crippen LogP contribution in [-0.2, 0) is 0 Å². The Bertz CT molecular complexity index is 756. The Morgan fingerprint density at radius 2 is 0.600 bits per heavy atom. The largest absolute Gasteiger partial charge is 0.0776 e. The highest BCUT2D eigenvalue weighted by Gasteiger charge is 1.91. The third-order valence-electron chi connectivity index (χ3n) is 4.03. The fraction of sp³-hybridized carbons (Fsp3) is 0.120. The van der Waals surface area contributed by atoms with Crippen LogP contribution in [0.15, 0.2) is 72.8 Å². The van der Waals surface area contributed by atoms with E-state index < -0.39 is 0 Å². The Labute approximate surface area is 152 Å². The highest BCUT2D eigenvalue weighted by Crippen LogP contribution is 2.13. The number of aryl methyl sites for hydroxylation is 2. The normalized spacial score (nSPS) is 11.0. The number of benzene rings is 3. The lowest BCUT2D eigenvalue weighted by molar-refractivity contribution is 1.46. The molecule has 0 amide bonds. The van der Waals surface area contributed by atoms with Crippen LogP contribution in [0, 0.1) is 13.8 Å². The molecule has 0 heteroatoms. The molecule has 0 nitrogen and oxygen atoms in total. The molecule has 3 rings (SSSR count). The second kappa shape index (κ2) is 8.84. The molecule has 0 atom stereocenters. The van der Waals surface area contributed by atoms with E-state index in [0.717, 1.165) is 0 Å². The van der Waals surface area contributed by atoms with Gasteiger partial charge < -0.3 is 0 Å². The van der Waals surface area contributed by atoms with E-state index in [1.165, 1.54) is 33.4 Å². The molecule has 0 unspecified atom stereocenters. The summed E-state index contributed by atoms with van der Waals surface area (Å²) >= 11 is 0. The number of rotatable bonds is 4. The van der Waals surface area contributed by atoms with Gasteiger partial charge >= 0.3 is 0 Å². The van der Waals surface area contributed by atoms with Crippen molar-refractivity contribution in [3.63, 3.8) is 0 Å². The SMILES string of the molecule is C.Cc1ccc(/C=C/c2ccc(/C=C/c3ccc(C)cc3)cc2)cc1. The van der Waals surface area contributed by atoms with Crippen LogP contribution in [0.1, 0.15) is 40.8 Å². The summed E-state index contributed by atoms with van der Waals surface area (Å²) in [5.41, 5.74) is 7.45. The summed E-state index contributed by atoms with van der Waals surface area (Å²) < 4.78 is 0. The van der Waals surface area contributed by atoms with Crippen LogP contribution in [-0.4, -0.2) is 0 Å². The van der Waals surface area contributed by atoms with Gasteiger partial charge in [0.1, 0.15) is 0 Å². The summed E-state index contributed by atoms with van der Waals surface area (Å²) in [4.78, 5) is 0. The van der Waals surface area contributed by atoms with Crippen molar-refractivity contribution >= 4 is 24.3 Å². The van der Waals surface area contributed by atoms with Crippen LogP contribution < -0.4 is 0 Å². The lowest BCUT2D eigenvalue weighted by Crippen LogP contribution is -1.77. The lowest BCUT2D eigenvalue weighted by Gasteiger charge is -1.98. The Kier molecular flexibility index (Phi) is 6.54. The summed E-state index contributed by atoms with van der Waals surface area (Å²) in [5, 5.41) is 0. The predicted molar refractivity (Wildman–Crippen MR) is 113 cm³/mol. The van der Waals surface area contributed by atoms with E-state index in [1.54, 1.807) is 0 Å². The van der Waals surface area contributed by atoms with E-state index >= 15 is 0 Å². The van der Waals surface area contributed by atoms with Crippen LogP contribution in [0.25, 0.3) is 24.3 Å². The zero-order valence-corrected chi connectivity index (χ0v) is 14.2. The minimum absolute atomic E-state index is 0. The number of hydrogen-bond donors (Lipinski definition) is 0. The quantitative estimate of drug-likeness (QED) is 0.442. The molecule has 0 aliphatic carbocycles. The summed E-state index contributed by atoms with van der Waals surface area (Å²) in [6.07, 6.45) is 8.60. The predicted octanol–water partition coefficient (Wildman–Crippen LogP) is 7.28. The molecule has 0 bridgehead atoms. The minimum Gasteiger partial charge on any atom is -0.0776 e. The fourth-order valence-electron chi connectivity index (χ4n) is 2.46. The van der Waals surface area contributed by atoms with Gasteiger partial charge in [-0.05, 0) is 36.1 Å². The van der Waals surface area contributed by atoms with Gasteiger partial charge in [0.2, 0.25) is 0 Å². The van der Waals surface area contributed by atoms with Gasteiger partial charge in [0.25, 0.3) is 0 Å². The van der Waals surface area contributed by atoms with Gasteiger partial charge in [0.15, 0.2) is 0 Å². The summed E-state index contributed by atoms with van der Waals surface area (Å²) in [6.45, 7) is 4.21. The molecule has 3 aromatic rings. The summed E-state index contributed by atoms with van der Waals surface area (Å²) in [7, 11) is 0.